The van der Waals surface area contributed by atoms with Gasteiger partial charge in [0.2, 0.25) is 65.0 Å². The number of nitrogens with zero attached hydrogens (tertiary/aromatic N) is 8. The van der Waals surface area contributed by atoms with Crippen molar-refractivity contribution in [3.8, 4) is 0 Å². The second-order valence-electron chi connectivity index (χ2n) is 28.7. The number of aliphatic hydroxyl groups excluding tert-OH is 1. The molecule has 14 unspecified atom stereocenters. The summed E-state index contributed by atoms with van der Waals surface area (Å²) in [5.74, 6) is -9.18. The van der Waals surface area contributed by atoms with Gasteiger partial charge in [0.05, 0.1) is 24.5 Å². The molecule has 0 aromatic carbocycles. The summed E-state index contributed by atoms with van der Waals surface area (Å²) in [7, 11) is 9.98. The highest BCUT2D eigenvalue weighted by atomic mass is 16.3. The molecule has 2 heterocycles. The zero-order valence-corrected chi connectivity index (χ0v) is 59.3. The lowest BCUT2D eigenvalue weighted by atomic mass is 9.91. The van der Waals surface area contributed by atoms with E-state index in [0.29, 0.717) is 5.84 Å². The molecule has 25 nitrogen and oxygen atoms in total. The maximum absolute atomic E-state index is 15.4. The second kappa shape index (κ2) is 35.0. The first-order valence-electron chi connectivity index (χ1n) is 33.3. The van der Waals surface area contributed by atoms with Gasteiger partial charge in [-0.1, -0.05) is 110 Å². The standard InChI is InChI=1S/C66H117N13O12/c1-24-44-62(87)73(17)34-52(80)74(18)47(29-35(2)3)59(84)72-53(39(10)11)65(90)75(19)48(30-36(4)5)58(83)67-42(15)57(82)68-43(16)61(86)76(20)49(31-37(6)7)63(88)77(21)50(32-38(8)9)64(89)78(22)54(40(12)13)66(91)79(23)55(60(85)71-44)56(81)41(14)33-51-69-45-27-25-26-28-46(45)70-51/h35-50,53-56,81H,24-34H2,1-23H3,(H,67,83)(H,68,82)(H,69,70)(H,71,85)(H,72,84). The molecule has 91 heavy (non-hydrogen) atoms. The lowest BCUT2D eigenvalue weighted by Crippen LogP contribution is -2.63. The van der Waals surface area contributed by atoms with Gasteiger partial charge in [0.1, 0.15) is 60.4 Å². The highest BCUT2D eigenvalue weighted by Gasteiger charge is 2.46. The van der Waals surface area contributed by atoms with Crippen molar-refractivity contribution < 1.29 is 57.8 Å². The van der Waals surface area contributed by atoms with Gasteiger partial charge in [-0.15, -0.1) is 0 Å². The van der Waals surface area contributed by atoms with Gasteiger partial charge in [-0.3, -0.25) is 57.7 Å². The van der Waals surface area contributed by atoms with Gasteiger partial charge in [-0.2, -0.15) is 0 Å². The van der Waals surface area contributed by atoms with E-state index in [0.717, 1.165) is 35.5 Å². The lowest BCUT2D eigenvalue weighted by Gasteiger charge is -2.41. The van der Waals surface area contributed by atoms with Gasteiger partial charge in [0.15, 0.2) is 0 Å². The fourth-order valence-electron chi connectivity index (χ4n) is 12.6. The number of rotatable bonds is 15. The van der Waals surface area contributed by atoms with E-state index in [9.17, 15) is 38.7 Å². The first-order chi connectivity index (χ1) is 42.2. The van der Waals surface area contributed by atoms with Crippen molar-refractivity contribution in [3.63, 3.8) is 0 Å². The van der Waals surface area contributed by atoms with E-state index in [4.69, 9.17) is 4.99 Å². The molecular weight excluding hydrogens is 1170 g/mol. The van der Waals surface area contributed by atoms with Crippen LogP contribution < -0.4 is 26.6 Å². The number of hydrogen-bond donors (Lipinski definition) is 6. The third kappa shape index (κ3) is 21.1. The summed E-state index contributed by atoms with van der Waals surface area (Å²) in [6.45, 7) is 27.6. The summed E-state index contributed by atoms with van der Waals surface area (Å²) >= 11 is 0. The second-order valence-corrected chi connectivity index (χ2v) is 28.7. The highest BCUT2D eigenvalue weighted by molar-refractivity contribution is 5.99. The minimum Gasteiger partial charge on any atom is -0.390 e. The van der Waals surface area contributed by atoms with E-state index >= 15 is 19.2 Å². The Kier molecular flexibility index (Phi) is 30.4. The molecule has 2 fully saturated rings. The molecule has 0 bridgehead atoms. The third-order valence-electron chi connectivity index (χ3n) is 18.3. The van der Waals surface area contributed by atoms with Gasteiger partial charge >= 0.3 is 0 Å². The number of amidine groups is 1. The Morgan fingerprint density at radius 3 is 1.41 bits per heavy atom. The Balaban J connectivity index is 2.30. The zero-order valence-electron chi connectivity index (χ0n) is 59.3. The van der Waals surface area contributed by atoms with Gasteiger partial charge in [0, 0.05) is 61.8 Å². The van der Waals surface area contributed by atoms with Crippen LogP contribution in [-0.4, -0.2) is 245 Å². The lowest BCUT2D eigenvalue weighted by molar-refractivity contribution is -0.157. The minimum atomic E-state index is -1.65. The molecule has 6 N–H and O–H groups in total. The van der Waals surface area contributed by atoms with Crippen LogP contribution in [-0.2, 0) is 52.7 Å². The summed E-state index contributed by atoms with van der Waals surface area (Å²) in [5.41, 5.74) is 0. The molecule has 3 rings (SSSR count). The Hall–Kier alpha value is -6.40. The number of aliphatic imine (C=N–C) groups is 1. The summed E-state index contributed by atoms with van der Waals surface area (Å²) < 4.78 is 0. The van der Waals surface area contributed by atoms with Crippen LogP contribution >= 0.6 is 0 Å². The molecule has 0 aromatic heterocycles. The fourth-order valence-corrected chi connectivity index (χ4v) is 12.6. The Morgan fingerprint density at radius 1 is 0.462 bits per heavy atom. The van der Waals surface area contributed by atoms with Crippen molar-refractivity contribution in [3.05, 3.63) is 0 Å². The first-order valence-corrected chi connectivity index (χ1v) is 33.3. The smallest absolute Gasteiger partial charge is 0.246 e. The van der Waals surface area contributed by atoms with Crippen molar-refractivity contribution in [1.29, 1.82) is 0 Å². The van der Waals surface area contributed by atoms with Crippen LogP contribution in [0.1, 0.15) is 175 Å². The van der Waals surface area contributed by atoms with Gasteiger partial charge < -0.3 is 66.0 Å². The monoisotopic (exact) mass is 1280 g/mol. The fraction of sp³-hybridized carbons (Fsp3) is 0.818. The average Bonchev–Trinajstić information content (AvgIpc) is 1.70. The molecule has 14 atom stereocenters. The van der Waals surface area contributed by atoms with E-state index in [1.165, 1.54) is 87.7 Å². The van der Waals surface area contributed by atoms with Gasteiger partial charge in [0.25, 0.3) is 0 Å². The largest absolute Gasteiger partial charge is 0.390 e. The maximum atomic E-state index is 15.4. The summed E-state index contributed by atoms with van der Waals surface area (Å²) in [4.78, 5) is 175. The van der Waals surface area contributed by atoms with E-state index < -0.39 is 156 Å². The number of carbonyl (C=O) groups excluding carboxylic acids is 11. The van der Waals surface area contributed by atoms with E-state index in [2.05, 4.69) is 26.6 Å². The van der Waals surface area contributed by atoms with Crippen LogP contribution in [0.3, 0.4) is 0 Å². The molecule has 11 amide bonds. The Morgan fingerprint density at radius 2 is 0.912 bits per heavy atom. The van der Waals surface area contributed by atoms with Crippen molar-refractivity contribution in [2.24, 2.45) is 46.4 Å². The Labute approximate surface area is 543 Å². The van der Waals surface area contributed by atoms with Gasteiger partial charge in [-0.25, -0.2) is 0 Å². The predicted octanol–water partition coefficient (Wildman–Crippen LogP) is 3.01. The molecule has 0 spiro atoms. The average molecular weight is 1280 g/mol. The molecule has 2 aliphatic heterocycles. The molecular formula is C66H117N13O12. The number of amides is 11. The number of carbonyl (C=O) groups is 11. The predicted molar refractivity (Wildman–Crippen MR) is 350 cm³/mol. The maximum Gasteiger partial charge on any atom is 0.246 e. The van der Waals surface area contributed by atoms with E-state index in [1.807, 2.05) is 55.4 Å². The topological polar surface area (TPSA) is 303 Å². The van der Waals surface area contributed by atoms with E-state index in [1.54, 1.807) is 41.5 Å². The molecule has 0 aromatic rings. The van der Waals surface area contributed by atoms with Crippen LogP contribution in [0.25, 0.3) is 0 Å². The van der Waals surface area contributed by atoms with Crippen molar-refractivity contribution >= 4 is 70.8 Å². The molecule has 1 saturated carbocycles. The minimum absolute atomic E-state index is 0.0139. The summed E-state index contributed by atoms with van der Waals surface area (Å²) in [6, 6.07) is -12.2. The van der Waals surface area contributed by atoms with Crippen LogP contribution in [0, 0.1) is 41.4 Å². The molecule has 518 valence electrons. The van der Waals surface area contributed by atoms with Crippen molar-refractivity contribution in [2.75, 3.05) is 55.9 Å². The van der Waals surface area contributed by atoms with Crippen LogP contribution in [0.5, 0.6) is 0 Å². The Bertz CT molecular complexity index is 2580. The zero-order chi connectivity index (χ0) is 69.5. The molecule has 1 aliphatic carbocycles. The number of fused-ring (bicyclic) bond motifs is 1. The number of likely N-dealkylation sites (N-methyl/N-ethyl adjacent to an activating group) is 7. The molecule has 3 aliphatic rings. The molecule has 0 radical (unpaired) electrons. The molecule has 25 heteroatoms. The number of hydrogen-bond acceptors (Lipinski definition) is 14. The van der Waals surface area contributed by atoms with Crippen molar-refractivity contribution in [2.45, 2.75) is 254 Å². The summed E-state index contributed by atoms with van der Waals surface area (Å²) in [5, 5.41) is 27.1. The van der Waals surface area contributed by atoms with E-state index in [-0.39, 0.29) is 74.3 Å². The van der Waals surface area contributed by atoms with Crippen molar-refractivity contribution in [1.82, 2.24) is 60.9 Å². The SMILES string of the molecule is CCC1NC(=O)C(C(O)C(C)CC2=NC3CCCCC3N2)N(C)C(=O)C(C(C)C)N(C)C(=O)C(CC(C)C)N(C)C(=O)C(CC(C)C)N(C)C(=O)C(C)NC(=O)C(C)NC(=O)C(CC(C)C)N(C)C(=O)C(C(C)C)NC(=O)C(CC(C)C)N(C)C(=O)CN(C)C1=O. The number of aliphatic hydroxyl groups is 1. The van der Waals surface area contributed by atoms with Crippen LogP contribution in [0.4, 0.5) is 0 Å². The van der Waals surface area contributed by atoms with Crippen LogP contribution in [0.15, 0.2) is 4.99 Å². The normalized spacial score (nSPS) is 28.9. The summed E-state index contributed by atoms with van der Waals surface area (Å²) in [6.07, 6.45) is 3.23. The number of nitrogens with one attached hydrogen (secondary N) is 5. The molecule has 1 saturated heterocycles. The quantitative estimate of drug-likeness (QED) is 0.138. The third-order valence-corrected chi connectivity index (χ3v) is 18.3. The van der Waals surface area contributed by atoms with Crippen LogP contribution in [0.2, 0.25) is 0 Å². The highest BCUT2D eigenvalue weighted by Crippen LogP contribution is 2.29. The first kappa shape index (κ1) is 78.8. The van der Waals surface area contributed by atoms with Gasteiger partial charge in [-0.05, 0) is 100 Å².